The van der Waals surface area contributed by atoms with E-state index in [2.05, 4.69) is 24.5 Å². The van der Waals surface area contributed by atoms with Crippen LogP contribution in [0.2, 0.25) is 0 Å². The van der Waals surface area contributed by atoms with Crippen LogP contribution in [-0.4, -0.2) is 57.7 Å². The second kappa shape index (κ2) is 13.5. The number of allylic oxidation sites excluding steroid dienone is 2. The highest BCUT2D eigenvalue weighted by molar-refractivity contribution is 7.82. The molecule has 0 radical (unpaired) electrons. The third-order valence-electron chi connectivity index (χ3n) is 4.65. The van der Waals surface area contributed by atoms with Crippen molar-refractivity contribution in [3.8, 4) is 0 Å². The van der Waals surface area contributed by atoms with Crippen LogP contribution in [0.15, 0.2) is 42.4 Å². The van der Waals surface area contributed by atoms with Gasteiger partial charge in [-0.3, -0.25) is 9.59 Å². The Morgan fingerprint density at radius 1 is 1.19 bits per heavy atom. The number of carbonyl (C=O) groups is 2. The van der Waals surface area contributed by atoms with Gasteiger partial charge < -0.3 is 35.7 Å². The van der Waals surface area contributed by atoms with Crippen LogP contribution in [0.25, 0.3) is 0 Å². The number of hydrogen-bond donors (Lipinski definition) is 4. The van der Waals surface area contributed by atoms with Crippen LogP contribution in [0.3, 0.4) is 0 Å². The van der Waals surface area contributed by atoms with Gasteiger partial charge in [0.15, 0.2) is 5.76 Å². The Bertz CT molecular complexity index is 830. The number of hydrogen-bond acceptors (Lipinski definition) is 9. The molecule has 0 spiro atoms. The lowest BCUT2D eigenvalue weighted by atomic mass is 10.0. The van der Waals surface area contributed by atoms with Gasteiger partial charge in [0.1, 0.15) is 10.5 Å². The molecule has 1 amide bonds. The number of rotatable bonds is 15. The molecule has 5 N–H and O–H groups in total. The van der Waals surface area contributed by atoms with Gasteiger partial charge in [0.05, 0.1) is 39.3 Å². The van der Waals surface area contributed by atoms with E-state index < -0.39 is 16.6 Å². The number of nitrogens with one attached hydrogen (secondary N) is 1. The van der Waals surface area contributed by atoms with Crippen molar-refractivity contribution in [1.82, 2.24) is 0 Å². The summed E-state index contributed by atoms with van der Waals surface area (Å²) >= 11 is 4.52. The highest BCUT2D eigenvalue weighted by Crippen LogP contribution is 2.29. The van der Waals surface area contributed by atoms with E-state index in [9.17, 15) is 9.59 Å². The van der Waals surface area contributed by atoms with Crippen molar-refractivity contribution < 1.29 is 28.5 Å². The fourth-order valence-electron chi connectivity index (χ4n) is 2.88. The average Bonchev–Trinajstić information content (AvgIpc) is 2.78. The van der Waals surface area contributed by atoms with Crippen molar-refractivity contribution >= 4 is 35.9 Å². The minimum Gasteiger partial charge on any atom is -0.497 e. The van der Waals surface area contributed by atoms with Gasteiger partial charge in [-0.1, -0.05) is 6.58 Å². The number of benzene rings is 1. The normalized spacial score (nSPS) is 13.4. The topological polar surface area (TPSA) is 135 Å². The van der Waals surface area contributed by atoms with E-state index in [1.165, 1.54) is 33.5 Å². The summed E-state index contributed by atoms with van der Waals surface area (Å²) in [4.78, 5) is 23.5. The maximum atomic E-state index is 12.3. The predicted octanol–water partition coefficient (Wildman–Crippen LogP) is 2.50. The third kappa shape index (κ3) is 8.01. The zero-order valence-corrected chi connectivity index (χ0v) is 19.7. The Morgan fingerprint density at radius 3 is 2.44 bits per heavy atom. The first-order valence-electron chi connectivity index (χ1n) is 9.97. The van der Waals surface area contributed by atoms with Gasteiger partial charge >= 0.3 is 5.97 Å². The number of unbranched alkanes of at least 4 members (excludes halogenated alkanes) is 1. The number of amides is 1. The van der Waals surface area contributed by atoms with Crippen LogP contribution in [0.5, 0.6) is 0 Å². The summed E-state index contributed by atoms with van der Waals surface area (Å²) in [6.45, 7) is 4.77. The highest BCUT2D eigenvalue weighted by Gasteiger charge is 2.38. The smallest absolute Gasteiger partial charge is 0.324 e. The number of anilines is 2. The first-order chi connectivity index (χ1) is 15.2. The summed E-state index contributed by atoms with van der Waals surface area (Å²) in [5.74, 6) is -0.241. The van der Waals surface area contributed by atoms with Gasteiger partial charge in [0.25, 0.3) is 0 Å². The van der Waals surface area contributed by atoms with Gasteiger partial charge in [0, 0.05) is 25.1 Å². The Hall–Kier alpha value is -2.85. The van der Waals surface area contributed by atoms with Crippen LogP contribution >= 0.6 is 12.6 Å². The Kier molecular flexibility index (Phi) is 11.5. The fourth-order valence-corrected chi connectivity index (χ4v) is 3.20. The molecule has 0 aromatic heterocycles. The Balaban J connectivity index is 2.53. The lowest BCUT2D eigenvalue weighted by molar-refractivity contribution is -0.145. The zero-order valence-electron chi connectivity index (χ0n) is 18.8. The maximum absolute atomic E-state index is 12.3. The molecule has 1 aromatic carbocycles. The van der Waals surface area contributed by atoms with Crippen LogP contribution in [0.4, 0.5) is 11.4 Å². The Morgan fingerprint density at radius 2 is 1.91 bits per heavy atom. The lowest BCUT2D eigenvalue weighted by Crippen LogP contribution is -2.40. The monoisotopic (exact) mass is 467 g/mol. The minimum atomic E-state index is -1.25. The molecule has 178 valence electrons. The standard InChI is InChI=1S/C22H33N3O6S/c1-5-18(28-2)19(29-3)13-22(32,21(27)30-4)14-31-11-7-6-10-25-17-9-8-15(20(24)26)12-16(17)23/h5,8-9,12,25,32H,1,6-7,10-11,13-14,23H2,2-4H3,(H2,24,26)/b19-18-. The van der Waals surface area contributed by atoms with Gasteiger partial charge in [-0.2, -0.15) is 12.6 Å². The highest BCUT2D eigenvalue weighted by atomic mass is 32.1. The number of ether oxygens (including phenoxy) is 4. The molecule has 0 saturated heterocycles. The summed E-state index contributed by atoms with van der Waals surface area (Å²) in [7, 11) is 4.26. The number of primary amides is 1. The van der Waals surface area contributed by atoms with E-state index in [0.29, 0.717) is 35.9 Å². The molecule has 1 aromatic rings. The second-order valence-electron chi connectivity index (χ2n) is 6.95. The van der Waals surface area contributed by atoms with Crippen molar-refractivity contribution in [2.45, 2.75) is 24.0 Å². The summed E-state index contributed by atoms with van der Waals surface area (Å²) in [5, 5.41) is 3.20. The van der Waals surface area contributed by atoms with E-state index >= 15 is 0 Å². The summed E-state index contributed by atoms with van der Waals surface area (Å²) < 4.78 is 19.9. The maximum Gasteiger partial charge on any atom is 0.324 e. The number of thiol groups is 1. The molecule has 1 rings (SSSR count). The van der Waals surface area contributed by atoms with Crippen molar-refractivity contribution in [2.75, 3.05) is 52.1 Å². The molecule has 10 heteroatoms. The molecule has 0 aliphatic rings. The number of esters is 1. The van der Waals surface area contributed by atoms with Gasteiger partial charge in [-0.15, -0.1) is 0 Å². The quantitative estimate of drug-likeness (QED) is 0.0772. The molecule has 1 unspecified atom stereocenters. The minimum absolute atomic E-state index is 0.0265. The molecule has 0 heterocycles. The molecule has 0 saturated carbocycles. The first kappa shape index (κ1) is 27.2. The first-order valence-corrected chi connectivity index (χ1v) is 10.4. The largest absolute Gasteiger partial charge is 0.497 e. The molecular formula is C22H33N3O6S. The predicted molar refractivity (Wildman–Crippen MR) is 128 cm³/mol. The van der Waals surface area contributed by atoms with E-state index in [-0.39, 0.29) is 13.0 Å². The SMILES string of the molecule is C=C/C(OC)=C(\CC(S)(COCCCCNc1ccc(C(N)=O)cc1N)C(=O)OC)OC. The van der Waals surface area contributed by atoms with Gasteiger partial charge in [0.2, 0.25) is 5.91 Å². The van der Waals surface area contributed by atoms with E-state index in [1.807, 2.05) is 0 Å². The van der Waals surface area contributed by atoms with E-state index in [1.54, 1.807) is 12.1 Å². The number of nitrogens with two attached hydrogens (primary N) is 2. The Labute approximate surface area is 194 Å². The van der Waals surface area contributed by atoms with Crippen LogP contribution in [-0.2, 0) is 23.7 Å². The number of nitrogen functional groups attached to an aromatic ring is 1. The van der Waals surface area contributed by atoms with E-state index in [0.717, 1.165) is 18.5 Å². The van der Waals surface area contributed by atoms with Crippen molar-refractivity contribution in [3.05, 3.63) is 47.9 Å². The molecule has 9 nitrogen and oxygen atoms in total. The molecule has 0 bridgehead atoms. The van der Waals surface area contributed by atoms with E-state index in [4.69, 9.17) is 30.4 Å². The summed E-state index contributed by atoms with van der Waals surface area (Å²) in [6.07, 6.45) is 3.13. The van der Waals surface area contributed by atoms with Gasteiger partial charge in [-0.25, -0.2) is 0 Å². The van der Waals surface area contributed by atoms with Crippen LogP contribution in [0.1, 0.15) is 29.6 Å². The van der Waals surface area contributed by atoms with Gasteiger partial charge in [-0.05, 0) is 37.1 Å². The molecule has 0 aliphatic heterocycles. The van der Waals surface area contributed by atoms with Crippen molar-refractivity contribution in [2.24, 2.45) is 5.73 Å². The molecular weight excluding hydrogens is 434 g/mol. The van der Waals surface area contributed by atoms with Crippen LogP contribution in [0, 0.1) is 0 Å². The number of methoxy groups -OCH3 is 3. The van der Waals surface area contributed by atoms with Crippen molar-refractivity contribution in [3.63, 3.8) is 0 Å². The summed E-state index contributed by atoms with van der Waals surface area (Å²) in [5.41, 5.74) is 12.7. The van der Waals surface area contributed by atoms with Crippen molar-refractivity contribution in [1.29, 1.82) is 0 Å². The molecule has 0 aliphatic carbocycles. The average molecular weight is 468 g/mol. The zero-order chi connectivity index (χ0) is 24.1. The molecule has 1 atom stereocenters. The van der Waals surface area contributed by atoms with Crippen LogP contribution < -0.4 is 16.8 Å². The summed E-state index contributed by atoms with van der Waals surface area (Å²) in [6, 6.07) is 4.88. The fraction of sp³-hybridized carbons (Fsp3) is 0.455. The number of carbonyl (C=O) groups excluding carboxylic acids is 2. The lowest BCUT2D eigenvalue weighted by Gasteiger charge is -2.26. The molecule has 0 fully saturated rings. The third-order valence-corrected chi connectivity index (χ3v) is 5.12. The molecule has 32 heavy (non-hydrogen) atoms. The second-order valence-corrected chi connectivity index (χ2v) is 7.81.